The van der Waals surface area contributed by atoms with Gasteiger partial charge >= 0.3 is 26.2 Å². The van der Waals surface area contributed by atoms with Gasteiger partial charge in [0.05, 0.1) is 56.3 Å². The van der Waals surface area contributed by atoms with E-state index in [4.69, 9.17) is 33.3 Å². The van der Waals surface area contributed by atoms with Crippen LogP contribution in [0.1, 0.15) is 63.9 Å². The number of hydrogen-bond donors (Lipinski definition) is 1. The standard InChI is InChI=1S/C30H34N5O10P/c1-4-40-28(37)22-10-6-20(7-11-22)16-42-46(43-17-21-8-12-23(13-9-21)29(38)41-5-2)44-18-25-24(33-34-31)14-26(45-25)35-15-19(3)27(36)32-30(35)39/h6-13,15,24-26H,4-5,14,16-18H2,1-3H3,(H,32,36,39)/t24-,25+,26+/m0/s1. The van der Waals surface area contributed by atoms with Crippen LogP contribution in [0.4, 0.5) is 0 Å². The molecule has 15 nitrogen and oxygen atoms in total. The van der Waals surface area contributed by atoms with Gasteiger partial charge in [0.15, 0.2) is 0 Å². The largest absolute Gasteiger partial charge is 0.462 e. The van der Waals surface area contributed by atoms with Crippen molar-refractivity contribution in [3.05, 3.63) is 114 Å². The first-order valence-corrected chi connectivity index (χ1v) is 15.5. The second-order valence-electron chi connectivity index (χ2n) is 10.0. The number of benzene rings is 2. The number of esters is 2. The molecule has 0 unspecified atom stereocenters. The van der Waals surface area contributed by atoms with Gasteiger partial charge in [0.2, 0.25) is 0 Å². The lowest BCUT2D eigenvalue weighted by atomic mass is 10.1. The van der Waals surface area contributed by atoms with E-state index in [1.54, 1.807) is 69.3 Å². The summed E-state index contributed by atoms with van der Waals surface area (Å²) in [4.78, 5) is 53.4. The maximum atomic E-state index is 12.4. The highest BCUT2D eigenvalue weighted by Gasteiger charge is 2.37. The zero-order valence-electron chi connectivity index (χ0n) is 25.5. The van der Waals surface area contributed by atoms with Crippen molar-refractivity contribution in [1.82, 2.24) is 9.55 Å². The minimum atomic E-state index is -2.00. The number of H-pyrrole nitrogens is 1. The zero-order chi connectivity index (χ0) is 33.1. The lowest BCUT2D eigenvalue weighted by molar-refractivity contribution is -0.0267. The summed E-state index contributed by atoms with van der Waals surface area (Å²) in [5.41, 5.74) is 10.6. The van der Waals surface area contributed by atoms with E-state index in [1.165, 1.54) is 10.8 Å². The highest BCUT2D eigenvalue weighted by molar-refractivity contribution is 7.41. The molecule has 0 aliphatic carbocycles. The summed E-state index contributed by atoms with van der Waals surface area (Å²) in [6, 6.07) is 12.7. The molecular formula is C30H34N5O10P. The van der Waals surface area contributed by atoms with E-state index in [0.29, 0.717) is 16.7 Å². The van der Waals surface area contributed by atoms with Crippen molar-refractivity contribution >= 4 is 20.5 Å². The average molecular weight is 656 g/mol. The third-order valence-corrected chi connectivity index (χ3v) is 7.85. The summed E-state index contributed by atoms with van der Waals surface area (Å²) in [5, 5.41) is 3.82. The molecule has 4 rings (SSSR count). The molecule has 0 saturated carbocycles. The van der Waals surface area contributed by atoms with Crippen molar-refractivity contribution in [2.24, 2.45) is 5.11 Å². The number of rotatable bonds is 15. The molecule has 1 aliphatic heterocycles. The number of azide groups is 1. The fourth-order valence-corrected chi connectivity index (χ4v) is 5.43. The Morgan fingerprint density at radius 2 is 1.50 bits per heavy atom. The third-order valence-electron chi connectivity index (χ3n) is 6.81. The van der Waals surface area contributed by atoms with Crippen LogP contribution in [-0.2, 0) is 41.0 Å². The second kappa shape index (κ2) is 16.8. The zero-order valence-corrected chi connectivity index (χ0v) is 26.4. The molecule has 2 heterocycles. The van der Waals surface area contributed by atoms with Crippen LogP contribution in [0.3, 0.4) is 0 Å². The van der Waals surface area contributed by atoms with Gasteiger partial charge in [0, 0.05) is 23.1 Å². The van der Waals surface area contributed by atoms with Gasteiger partial charge in [0.1, 0.15) is 6.23 Å². The molecule has 1 saturated heterocycles. The number of aryl methyl sites for hydroxylation is 1. The van der Waals surface area contributed by atoms with Gasteiger partial charge in [-0.15, -0.1) is 0 Å². The molecule has 2 aromatic carbocycles. The van der Waals surface area contributed by atoms with Crippen LogP contribution in [-0.4, -0.2) is 53.5 Å². The predicted molar refractivity (Wildman–Crippen MR) is 165 cm³/mol. The average Bonchev–Trinajstić information content (AvgIpc) is 3.45. The van der Waals surface area contributed by atoms with Crippen LogP contribution >= 0.6 is 8.60 Å². The third kappa shape index (κ3) is 9.33. The van der Waals surface area contributed by atoms with E-state index < -0.39 is 50.2 Å². The van der Waals surface area contributed by atoms with E-state index in [1.807, 2.05) is 0 Å². The number of carbonyl (C=O) groups excluding carboxylic acids is 2. The van der Waals surface area contributed by atoms with Crippen molar-refractivity contribution in [2.75, 3.05) is 19.8 Å². The first-order valence-electron chi connectivity index (χ1n) is 14.4. The van der Waals surface area contributed by atoms with Crippen LogP contribution in [0.5, 0.6) is 0 Å². The fraction of sp³-hybridized carbons (Fsp3) is 0.400. The number of hydrogen-bond acceptors (Lipinski definition) is 11. The minimum absolute atomic E-state index is 0.0799. The number of aromatic amines is 1. The second-order valence-corrected chi connectivity index (χ2v) is 11.2. The van der Waals surface area contributed by atoms with Gasteiger partial charge in [-0.3, -0.25) is 14.3 Å². The van der Waals surface area contributed by atoms with E-state index in [2.05, 4.69) is 15.0 Å². The molecule has 3 atom stereocenters. The van der Waals surface area contributed by atoms with Crippen LogP contribution in [0.15, 0.2) is 69.4 Å². The highest BCUT2D eigenvalue weighted by Crippen LogP contribution is 2.43. The Balaban J connectivity index is 1.45. The smallest absolute Gasteiger partial charge is 0.338 e. The Bertz CT molecular complexity index is 1590. The molecule has 46 heavy (non-hydrogen) atoms. The summed E-state index contributed by atoms with van der Waals surface area (Å²) < 4.78 is 35.3. The van der Waals surface area contributed by atoms with Crippen molar-refractivity contribution in [1.29, 1.82) is 0 Å². The highest BCUT2D eigenvalue weighted by atomic mass is 31.2. The number of ether oxygens (including phenoxy) is 3. The van der Waals surface area contributed by atoms with Crippen molar-refractivity contribution in [3.8, 4) is 0 Å². The quantitative estimate of drug-likeness (QED) is 0.0778. The normalized spacial score (nSPS) is 17.4. The maximum absolute atomic E-state index is 12.4. The fourth-order valence-electron chi connectivity index (χ4n) is 4.43. The Morgan fingerprint density at radius 1 is 0.957 bits per heavy atom. The minimum Gasteiger partial charge on any atom is -0.462 e. The molecule has 1 aromatic heterocycles. The molecule has 16 heteroatoms. The monoisotopic (exact) mass is 655 g/mol. The van der Waals surface area contributed by atoms with Crippen LogP contribution in [0, 0.1) is 6.92 Å². The maximum Gasteiger partial charge on any atom is 0.338 e. The molecule has 1 N–H and O–H groups in total. The summed E-state index contributed by atoms with van der Waals surface area (Å²) in [6.07, 6.45) is -0.00849. The molecule has 3 aromatic rings. The number of nitrogens with one attached hydrogen (secondary N) is 1. The lowest BCUT2D eigenvalue weighted by Crippen LogP contribution is -2.33. The van der Waals surface area contributed by atoms with Gasteiger partial charge in [0.25, 0.3) is 5.56 Å². The molecule has 0 amide bonds. The van der Waals surface area contributed by atoms with Gasteiger partial charge in [-0.25, -0.2) is 14.4 Å². The summed E-state index contributed by atoms with van der Waals surface area (Å²) >= 11 is 0. The van der Waals surface area contributed by atoms with Crippen molar-refractivity contribution in [3.63, 3.8) is 0 Å². The predicted octanol–water partition coefficient (Wildman–Crippen LogP) is 4.84. The molecule has 1 fully saturated rings. The van der Waals surface area contributed by atoms with Gasteiger partial charge in [-0.05, 0) is 61.7 Å². The molecular weight excluding hydrogens is 621 g/mol. The van der Waals surface area contributed by atoms with Crippen LogP contribution < -0.4 is 11.2 Å². The van der Waals surface area contributed by atoms with Crippen molar-refractivity contribution in [2.45, 2.75) is 58.8 Å². The first-order chi connectivity index (χ1) is 22.2. The topological polar surface area (TPSA) is 193 Å². The van der Waals surface area contributed by atoms with Gasteiger partial charge in [-0.1, -0.05) is 29.4 Å². The molecule has 1 aliphatic rings. The molecule has 0 radical (unpaired) electrons. The molecule has 0 spiro atoms. The van der Waals surface area contributed by atoms with E-state index in [0.717, 1.165) is 11.1 Å². The SMILES string of the molecule is CCOC(=O)c1ccc(COP(OCc2ccc(C(=O)OCC)cc2)OC[C@H]2O[C@@H](n3cc(C)c(=O)[nH]c3=O)C[C@@H]2N=[N+]=[N-])cc1. The molecule has 244 valence electrons. The summed E-state index contributed by atoms with van der Waals surface area (Å²) in [5.74, 6) is -0.858. The Labute approximate surface area is 265 Å². The van der Waals surface area contributed by atoms with Crippen LogP contribution in [0.25, 0.3) is 10.4 Å². The number of nitrogens with zero attached hydrogens (tertiary/aromatic N) is 4. The van der Waals surface area contributed by atoms with Crippen molar-refractivity contribution < 1.29 is 37.4 Å². The summed E-state index contributed by atoms with van der Waals surface area (Å²) in [7, 11) is -2.00. The first kappa shape index (κ1) is 34.5. The lowest BCUT2D eigenvalue weighted by Gasteiger charge is -2.21. The Kier molecular flexibility index (Phi) is 12.6. The van der Waals surface area contributed by atoms with E-state index >= 15 is 0 Å². The van der Waals surface area contributed by atoms with E-state index in [-0.39, 0.29) is 39.5 Å². The van der Waals surface area contributed by atoms with Crippen LogP contribution in [0.2, 0.25) is 0 Å². The Hall–Kier alpha value is -4.36. The van der Waals surface area contributed by atoms with Gasteiger partial charge < -0.3 is 27.8 Å². The number of aromatic nitrogens is 2. The van der Waals surface area contributed by atoms with E-state index in [9.17, 15) is 19.2 Å². The Morgan fingerprint density at radius 3 is 2.00 bits per heavy atom. The number of carbonyl (C=O) groups is 2. The van der Waals surface area contributed by atoms with Gasteiger partial charge in [-0.2, -0.15) is 0 Å². The summed E-state index contributed by atoms with van der Waals surface area (Å²) in [6.45, 7) is 5.61. The molecule has 0 bridgehead atoms.